The van der Waals surface area contributed by atoms with Crippen LogP contribution >= 0.6 is 0 Å². The molecule has 2 N–H and O–H groups in total. The van der Waals surface area contributed by atoms with Gasteiger partial charge in [0.15, 0.2) is 0 Å². The van der Waals surface area contributed by atoms with Gasteiger partial charge in [-0.25, -0.2) is 17.5 Å². The number of hydrogen-bond acceptors (Lipinski definition) is 4. The summed E-state index contributed by atoms with van der Waals surface area (Å²) in [5, 5.41) is 5.56. The fourth-order valence-corrected chi connectivity index (χ4v) is 4.25. The summed E-state index contributed by atoms with van der Waals surface area (Å²) in [6.07, 6.45) is 7.93. The Morgan fingerprint density at radius 1 is 1.08 bits per heavy atom. The lowest BCUT2D eigenvalue weighted by atomic mass is 9.96. The van der Waals surface area contributed by atoms with Crippen LogP contribution in [0, 0.1) is 0 Å². The number of hydrogen-bond donors (Lipinski definition) is 2. The van der Waals surface area contributed by atoms with Gasteiger partial charge in [0.25, 0.3) is 0 Å². The molecule has 0 aromatic heterocycles. The van der Waals surface area contributed by atoms with Crippen molar-refractivity contribution in [3.63, 3.8) is 0 Å². The zero-order chi connectivity index (χ0) is 18.4. The highest BCUT2D eigenvalue weighted by molar-refractivity contribution is 7.88. The highest BCUT2D eigenvalue weighted by Crippen LogP contribution is 2.18. The van der Waals surface area contributed by atoms with Crippen LogP contribution in [-0.2, 0) is 14.8 Å². The quantitative estimate of drug-likeness (QED) is 0.732. The molecule has 0 atom stereocenters. The monoisotopic (exact) mass is 374 g/mol. The van der Waals surface area contributed by atoms with Gasteiger partial charge in [-0.3, -0.25) is 4.79 Å². The molecule has 2 rings (SSSR count). The Balaban J connectivity index is 1.69. The van der Waals surface area contributed by atoms with Crippen LogP contribution in [0.4, 0.5) is 4.79 Å². The third-order valence-electron chi connectivity index (χ3n) is 5.20. The van der Waals surface area contributed by atoms with Crippen molar-refractivity contribution < 1.29 is 18.0 Å². The van der Waals surface area contributed by atoms with Gasteiger partial charge in [-0.2, -0.15) is 0 Å². The second-order valence-corrected chi connectivity index (χ2v) is 9.10. The molecular weight excluding hydrogens is 344 g/mol. The van der Waals surface area contributed by atoms with Gasteiger partial charge in [-0.1, -0.05) is 19.3 Å². The van der Waals surface area contributed by atoms with Crippen LogP contribution in [0.1, 0.15) is 44.9 Å². The average molecular weight is 375 g/mol. The van der Waals surface area contributed by atoms with E-state index >= 15 is 0 Å². The summed E-state index contributed by atoms with van der Waals surface area (Å²) >= 11 is 0. The molecule has 0 unspecified atom stereocenters. The zero-order valence-corrected chi connectivity index (χ0v) is 16.0. The van der Waals surface area contributed by atoms with E-state index in [1.165, 1.54) is 17.0 Å². The van der Waals surface area contributed by atoms with Crippen molar-refractivity contribution in [2.24, 2.45) is 0 Å². The summed E-state index contributed by atoms with van der Waals surface area (Å²) in [6.45, 7) is 0.996. The fourth-order valence-electron chi connectivity index (χ4n) is 3.50. The first-order valence-electron chi connectivity index (χ1n) is 9.02. The summed E-state index contributed by atoms with van der Waals surface area (Å²) in [7, 11) is -1.63. The van der Waals surface area contributed by atoms with E-state index < -0.39 is 10.0 Å². The number of likely N-dealkylation sites (tertiary alicyclic amines) is 1. The van der Waals surface area contributed by atoms with E-state index in [0.29, 0.717) is 25.9 Å². The van der Waals surface area contributed by atoms with E-state index in [9.17, 15) is 18.0 Å². The zero-order valence-electron chi connectivity index (χ0n) is 15.2. The number of urea groups is 1. The first kappa shape index (κ1) is 20.0. The van der Waals surface area contributed by atoms with Crippen LogP contribution in [0.25, 0.3) is 0 Å². The predicted molar refractivity (Wildman–Crippen MR) is 95.6 cm³/mol. The van der Waals surface area contributed by atoms with E-state index in [0.717, 1.165) is 25.7 Å². The first-order chi connectivity index (χ1) is 11.8. The minimum absolute atomic E-state index is 0.0227. The van der Waals surface area contributed by atoms with Gasteiger partial charge in [-0.15, -0.1) is 0 Å². The van der Waals surface area contributed by atoms with Gasteiger partial charge in [0.05, 0.1) is 12.8 Å². The largest absolute Gasteiger partial charge is 0.341 e. The van der Waals surface area contributed by atoms with Crippen molar-refractivity contribution >= 4 is 22.0 Å². The van der Waals surface area contributed by atoms with E-state index in [4.69, 9.17) is 0 Å². The minimum Gasteiger partial charge on any atom is -0.341 e. The molecule has 2 aliphatic rings. The highest BCUT2D eigenvalue weighted by Gasteiger charge is 2.29. The van der Waals surface area contributed by atoms with Gasteiger partial charge in [0.2, 0.25) is 15.9 Å². The SMILES string of the molecule is CN(C1CCN(C(=O)CNC(=O)NC2CCCCC2)CC1)S(C)(=O)=O. The van der Waals surface area contributed by atoms with Crippen LogP contribution in [0.15, 0.2) is 0 Å². The molecule has 0 radical (unpaired) electrons. The van der Waals surface area contributed by atoms with Crippen LogP contribution in [0.5, 0.6) is 0 Å². The van der Waals surface area contributed by atoms with E-state index in [-0.39, 0.29) is 30.6 Å². The van der Waals surface area contributed by atoms with Crippen molar-refractivity contribution in [2.75, 3.05) is 32.9 Å². The van der Waals surface area contributed by atoms with Gasteiger partial charge in [0.1, 0.15) is 0 Å². The maximum Gasteiger partial charge on any atom is 0.315 e. The Kier molecular flexibility index (Phi) is 7.06. The second kappa shape index (κ2) is 8.84. The average Bonchev–Trinajstić information content (AvgIpc) is 2.59. The highest BCUT2D eigenvalue weighted by atomic mass is 32.2. The third kappa shape index (κ3) is 6.14. The van der Waals surface area contributed by atoms with Crippen LogP contribution < -0.4 is 10.6 Å². The summed E-state index contributed by atoms with van der Waals surface area (Å²) in [6, 6.07) is -0.139. The molecule has 8 nitrogen and oxygen atoms in total. The maximum absolute atomic E-state index is 12.2. The molecule has 25 heavy (non-hydrogen) atoms. The number of carbonyl (C=O) groups is 2. The van der Waals surface area contributed by atoms with Crippen LogP contribution in [0.2, 0.25) is 0 Å². The summed E-state index contributed by atoms with van der Waals surface area (Å²) < 4.78 is 24.5. The molecule has 0 aromatic rings. The number of rotatable bonds is 5. The van der Waals surface area contributed by atoms with Crippen molar-refractivity contribution in [1.29, 1.82) is 0 Å². The Morgan fingerprint density at radius 2 is 1.68 bits per heavy atom. The Morgan fingerprint density at radius 3 is 2.24 bits per heavy atom. The molecule has 9 heteroatoms. The molecule has 144 valence electrons. The van der Waals surface area contributed by atoms with Gasteiger partial charge >= 0.3 is 6.03 Å². The normalized spacial score (nSPS) is 20.5. The first-order valence-corrected chi connectivity index (χ1v) is 10.9. The molecule has 1 aliphatic carbocycles. The van der Waals surface area contributed by atoms with Crippen LogP contribution in [-0.4, -0.2) is 74.6 Å². The van der Waals surface area contributed by atoms with Crippen molar-refractivity contribution in [3.05, 3.63) is 0 Å². The Labute approximate surface area is 150 Å². The van der Waals surface area contributed by atoms with Crippen LogP contribution in [0.3, 0.4) is 0 Å². The number of carbonyl (C=O) groups excluding carboxylic acids is 2. The predicted octanol–water partition coefficient (Wildman–Crippen LogP) is 0.501. The third-order valence-corrected chi connectivity index (χ3v) is 6.54. The molecule has 0 spiro atoms. The van der Waals surface area contributed by atoms with Crippen molar-refractivity contribution in [2.45, 2.75) is 57.0 Å². The number of nitrogens with zero attached hydrogens (tertiary/aromatic N) is 2. The van der Waals surface area contributed by atoms with Gasteiger partial charge < -0.3 is 15.5 Å². The topological polar surface area (TPSA) is 98.8 Å². The van der Waals surface area contributed by atoms with Gasteiger partial charge in [0, 0.05) is 32.2 Å². The molecule has 1 aliphatic heterocycles. The molecule has 2 fully saturated rings. The van der Waals surface area contributed by atoms with E-state index in [1.807, 2.05) is 0 Å². The minimum atomic E-state index is -3.21. The Bertz CT molecular complexity index is 567. The maximum atomic E-state index is 12.2. The lowest BCUT2D eigenvalue weighted by Gasteiger charge is -2.35. The molecule has 1 saturated heterocycles. The standard InChI is InChI=1S/C16H30N4O4S/c1-19(25(2,23)24)14-8-10-20(11-9-14)15(21)12-17-16(22)18-13-6-4-3-5-7-13/h13-14H,3-12H2,1-2H3,(H2,17,18,22). The lowest BCUT2D eigenvalue weighted by Crippen LogP contribution is -2.50. The number of sulfonamides is 1. The molecule has 0 aromatic carbocycles. The van der Waals surface area contributed by atoms with Crippen molar-refractivity contribution in [3.8, 4) is 0 Å². The lowest BCUT2D eigenvalue weighted by molar-refractivity contribution is -0.131. The smallest absolute Gasteiger partial charge is 0.315 e. The molecule has 1 saturated carbocycles. The number of nitrogens with one attached hydrogen (secondary N) is 2. The summed E-state index contributed by atoms with van der Waals surface area (Å²) in [4.78, 5) is 25.8. The molecule has 0 bridgehead atoms. The molecular formula is C16H30N4O4S. The van der Waals surface area contributed by atoms with E-state index in [2.05, 4.69) is 10.6 Å². The Hall–Kier alpha value is -1.35. The summed E-state index contributed by atoms with van der Waals surface area (Å²) in [5.41, 5.74) is 0. The van der Waals surface area contributed by atoms with Gasteiger partial charge in [-0.05, 0) is 25.7 Å². The number of amides is 3. The van der Waals surface area contributed by atoms with Crippen molar-refractivity contribution in [1.82, 2.24) is 19.8 Å². The fraction of sp³-hybridized carbons (Fsp3) is 0.875. The molecule has 1 heterocycles. The summed E-state index contributed by atoms with van der Waals surface area (Å²) in [5.74, 6) is -0.126. The number of piperidine rings is 1. The van der Waals surface area contributed by atoms with E-state index in [1.54, 1.807) is 11.9 Å². The second-order valence-electron chi connectivity index (χ2n) is 7.05. The molecule has 3 amide bonds.